The first-order chi connectivity index (χ1) is 10.5. The van der Waals surface area contributed by atoms with Gasteiger partial charge < -0.3 is 10.1 Å². The van der Waals surface area contributed by atoms with Gasteiger partial charge in [0.15, 0.2) is 0 Å². The number of hydrogen-bond acceptors (Lipinski definition) is 2. The number of alkyl carbamates (subject to hydrolysis) is 1. The molecule has 0 aliphatic rings. The van der Waals surface area contributed by atoms with E-state index in [4.69, 9.17) is 4.74 Å². The summed E-state index contributed by atoms with van der Waals surface area (Å²) >= 11 is 0. The molecule has 0 radical (unpaired) electrons. The predicted molar refractivity (Wildman–Crippen MR) is 83.1 cm³/mol. The molecular weight excluding hydrogens is 307 g/mol. The molecule has 1 aromatic carbocycles. The molecule has 0 aliphatic heterocycles. The molecule has 128 valence electrons. The number of carbonyl (C=O) groups is 1. The van der Waals surface area contributed by atoms with E-state index >= 15 is 0 Å². The number of amides is 1. The Balaban J connectivity index is 2.80. The SMILES string of the molecule is C=CC[C@H](Cc1cccc(C(F)(F)F)c1)NC(=O)OC(C)(C)C. The molecule has 0 aliphatic carbocycles. The molecule has 0 aromatic heterocycles. The predicted octanol–water partition coefficient (Wildman–Crippen LogP) is 4.72. The summed E-state index contributed by atoms with van der Waals surface area (Å²) < 4.78 is 43.4. The van der Waals surface area contributed by atoms with E-state index in [0.29, 0.717) is 12.0 Å². The van der Waals surface area contributed by atoms with E-state index in [1.165, 1.54) is 6.07 Å². The van der Waals surface area contributed by atoms with Gasteiger partial charge in [-0.05, 0) is 45.2 Å². The van der Waals surface area contributed by atoms with Gasteiger partial charge in [0, 0.05) is 6.04 Å². The highest BCUT2D eigenvalue weighted by Gasteiger charge is 2.30. The Morgan fingerprint density at radius 1 is 1.35 bits per heavy atom. The Morgan fingerprint density at radius 3 is 2.52 bits per heavy atom. The Bertz CT molecular complexity index is 548. The van der Waals surface area contributed by atoms with E-state index in [-0.39, 0.29) is 12.5 Å². The Morgan fingerprint density at radius 2 is 2.00 bits per heavy atom. The van der Waals surface area contributed by atoms with Crippen LogP contribution in [0.1, 0.15) is 38.3 Å². The quantitative estimate of drug-likeness (QED) is 0.794. The summed E-state index contributed by atoms with van der Waals surface area (Å²) in [4.78, 5) is 11.8. The minimum atomic E-state index is -4.39. The van der Waals surface area contributed by atoms with Crippen LogP contribution in [-0.2, 0) is 17.3 Å². The van der Waals surface area contributed by atoms with Crippen molar-refractivity contribution in [1.29, 1.82) is 0 Å². The van der Waals surface area contributed by atoms with Crippen LogP contribution in [0.2, 0.25) is 0 Å². The first-order valence-corrected chi connectivity index (χ1v) is 7.28. The molecular formula is C17H22F3NO2. The molecule has 6 heteroatoms. The molecule has 1 N–H and O–H groups in total. The summed E-state index contributed by atoms with van der Waals surface area (Å²) in [5, 5.41) is 2.67. The van der Waals surface area contributed by atoms with Crippen LogP contribution in [0, 0.1) is 0 Å². The van der Waals surface area contributed by atoms with Crippen molar-refractivity contribution >= 4 is 6.09 Å². The lowest BCUT2D eigenvalue weighted by atomic mass is 10.0. The highest BCUT2D eigenvalue weighted by molar-refractivity contribution is 5.68. The lowest BCUT2D eigenvalue weighted by Crippen LogP contribution is -2.40. The van der Waals surface area contributed by atoms with Crippen LogP contribution < -0.4 is 5.32 Å². The number of carbonyl (C=O) groups excluding carboxylic acids is 1. The highest BCUT2D eigenvalue weighted by atomic mass is 19.4. The largest absolute Gasteiger partial charge is 0.444 e. The van der Waals surface area contributed by atoms with Gasteiger partial charge in [-0.15, -0.1) is 6.58 Å². The third-order valence-corrected chi connectivity index (χ3v) is 2.91. The maximum Gasteiger partial charge on any atom is 0.416 e. The molecule has 0 unspecified atom stereocenters. The molecule has 1 rings (SSSR count). The van der Waals surface area contributed by atoms with Gasteiger partial charge in [-0.3, -0.25) is 0 Å². The number of nitrogens with one attached hydrogen (secondary N) is 1. The van der Waals surface area contributed by atoms with Crippen molar-refractivity contribution in [3.63, 3.8) is 0 Å². The van der Waals surface area contributed by atoms with Crippen molar-refractivity contribution in [2.24, 2.45) is 0 Å². The van der Waals surface area contributed by atoms with Gasteiger partial charge in [-0.1, -0.05) is 24.3 Å². The van der Waals surface area contributed by atoms with E-state index in [1.54, 1.807) is 32.9 Å². The third-order valence-electron chi connectivity index (χ3n) is 2.91. The smallest absolute Gasteiger partial charge is 0.416 e. The second-order valence-electron chi connectivity index (χ2n) is 6.27. The summed E-state index contributed by atoms with van der Waals surface area (Å²) in [5.74, 6) is 0. The summed E-state index contributed by atoms with van der Waals surface area (Å²) in [6.45, 7) is 8.82. The van der Waals surface area contributed by atoms with Crippen LogP contribution in [0.15, 0.2) is 36.9 Å². The molecule has 0 fully saturated rings. The molecule has 1 atom stereocenters. The standard InChI is InChI=1S/C17H22F3NO2/c1-5-7-14(21-15(22)23-16(2,3)4)11-12-8-6-9-13(10-12)17(18,19)20/h5-6,8-10,14H,1,7,11H2,2-4H3,(H,21,22)/t14-/m1/s1. The van der Waals surface area contributed by atoms with E-state index < -0.39 is 23.4 Å². The Kier molecular flexibility index (Phi) is 6.24. The normalized spacial score (nSPS) is 13.3. The van der Waals surface area contributed by atoms with Gasteiger partial charge in [0.05, 0.1) is 5.56 Å². The number of hydrogen-bond donors (Lipinski definition) is 1. The second kappa shape index (κ2) is 7.53. The number of halogens is 3. The van der Waals surface area contributed by atoms with Crippen molar-refractivity contribution < 1.29 is 22.7 Å². The van der Waals surface area contributed by atoms with E-state index in [2.05, 4.69) is 11.9 Å². The topological polar surface area (TPSA) is 38.3 Å². The zero-order valence-corrected chi connectivity index (χ0v) is 13.5. The van der Waals surface area contributed by atoms with Crippen LogP contribution >= 0.6 is 0 Å². The third kappa shape index (κ3) is 7.21. The van der Waals surface area contributed by atoms with Gasteiger partial charge in [0.1, 0.15) is 5.60 Å². The van der Waals surface area contributed by atoms with E-state index in [0.717, 1.165) is 12.1 Å². The molecule has 0 spiro atoms. The fourth-order valence-electron chi connectivity index (χ4n) is 2.03. The molecule has 0 heterocycles. The average molecular weight is 329 g/mol. The summed E-state index contributed by atoms with van der Waals surface area (Å²) in [6.07, 6.45) is -2.70. The van der Waals surface area contributed by atoms with Crippen LogP contribution in [0.3, 0.4) is 0 Å². The molecule has 1 aromatic rings. The number of rotatable bonds is 5. The van der Waals surface area contributed by atoms with Crippen molar-refractivity contribution in [2.45, 2.75) is 51.4 Å². The molecule has 1 amide bonds. The van der Waals surface area contributed by atoms with E-state index in [9.17, 15) is 18.0 Å². The summed E-state index contributed by atoms with van der Waals surface area (Å²) in [5.41, 5.74) is -0.855. The van der Waals surface area contributed by atoms with Crippen LogP contribution in [0.25, 0.3) is 0 Å². The van der Waals surface area contributed by atoms with Gasteiger partial charge in [-0.2, -0.15) is 13.2 Å². The Hall–Kier alpha value is -1.98. The minimum absolute atomic E-state index is 0.259. The molecule has 0 saturated heterocycles. The minimum Gasteiger partial charge on any atom is -0.444 e. The fraction of sp³-hybridized carbons (Fsp3) is 0.471. The summed E-state index contributed by atoms with van der Waals surface area (Å²) in [6, 6.07) is 4.68. The first kappa shape index (κ1) is 19.1. The zero-order chi connectivity index (χ0) is 17.7. The first-order valence-electron chi connectivity index (χ1n) is 7.28. The van der Waals surface area contributed by atoms with Crippen molar-refractivity contribution in [1.82, 2.24) is 5.32 Å². The lowest BCUT2D eigenvalue weighted by molar-refractivity contribution is -0.137. The second-order valence-corrected chi connectivity index (χ2v) is 6.27. The Labute approximate surface area is 134 Å². The maximum atomic E-state index is 12.7. The molecule has 23 heavy (non-hydrogen) atoms. The van der Waals surface area contributed by atoms with E-state index in [1.807, 2.05) is 0 Å². The number of ether oxygens (including phenoxy) is 1. The van der Waals surface area contributed by atoms with Gasteiger partial charge >= 0.3 is 12.3 Å². The monoisotopic (exact) mass is 329 g/mol. The van der Waals surface area contributed by atoms with Crippen LogP contribution in [-0.4, -0.2) is 17.7 Å². The average Bonchev–Trinajstić information content (AvgIpc) is 2.35. The molecule has 0 saturated carbocycles. The molecule has 3 nitrogen and oxygen atoms in total. The number of benzene rings is 1. The summed E-state index contributed by atoms with van der Waals surface area (Å²) in [7, 11) is 0. The van der Waals surface area contributed by atoms with Gasteiger partial charge in [0.25, 0.3) is 0 Å². The fourth-order valence-corrected chi connectivity index (χ4v) is 2.03. The lowest BCUT2D eigenvalue weighted by Gasteiger charge is -2.23. The van der Waals surface area contributed by atoms with Crippen molar-refractivity contribution in [3.05, 3.63) is 48.0 Å². The van der Waals surface area contributed by atoms with Gasteiger partial charge in [-0.25, -0.2) is 4.79 Å². The van der Waals surface area contributed by atoms with Crippen LogP contribution in [0.4, 0.5) is 18.0 Å². The van der Waals surface area contributed by atoms with Gasteiger partial charge in [0.2, 0.25) is 0 Å². The zero-order valence-electron chi connectivity index (χ0n) is 13.5. The van der Waals surface area contributed by atoms with Crippen molar-refractivity contribution in [2.75, 3.05) is 0 Å². The maximum absolute atomic E-state index is 12.7. The molecule has 0 bridgehead atoms. The highest BCUT2D eigenvalue weighted by Crippen LogP contribution is 2.29. The van der Waals surface area contributed by atoms with Crippen LogP contribution in [0.5, 0.6) is 0 Å². The van der Waals surface area contributed by atoms with Crippen molar-refractivity contribution in [3.8, 4) is 0 Å². The number of alkyl halides is 3.